The molecular weight excluding hydrogens is 260 g/mol. The summed E-state index contributed by atoms with van der Waals surface area (Å²) in [6.07, 6.45) is 4.64. The Bertz CT molecular complexity index is 447. The number of alkyl halides is 1. The lowest BCUT2D eigenvalue weighted by atomic mass is 9.88. The number of pyridine rings is 1. The molecule has 1 aliphatic rings. The maximum absolute atomic E-state index is 12.1. The fraction of sp³-hybridized carbons (Fsp3) is 0.600. The van der Waals surface area contributed by atoms with Crippen molar-refractivity contribution in [1.82, 2.24) is 10.3 Å². The first-order valence-corrected chi connectivity index (χ1v) is 7.38. The van der Waals surface area contributed by atoms with Gasteiger partial charge in [0.15, 0.2) is 0 Å². The van der Waals surface area contributed by atoms with Gasteiger partial charge in [-0.2, -0.15) is 0 Å². The molecule has 1 amide bonds. The van der Waals surface area contributed by atoms with Crippen molar-refractivity contribution in [2.24, 2.45) is 5.41 Å². The molecule has 0 aromatic carbocycles. The Balaban J connectivity index is 2.01. The summed E-state index contributed by atoms with van der Waals surface area (Å²) < 4.78 is 0. The van der Waals surface area contributed by atoms with Gasteiger partial charge < -0.3 is 5.32 Å². The average molecular weight is 281 g/mol. The number of hydrogen-bond donors (Lipinski definition) is 1. The van der Waals surface area contributed by atoms with Gasteiger partial charge in [0.05, 0.1) is 0 Å². The number of amides is 1. The van der Waals surface area contributed by atoms with Gasteiger partial charge in [0, 0.05) is 23.5 Å². The molecule has 0 spiro atoms. The molecule has 0 radical (unpaired) electrons. The molecule has 1 aromatic rings. The first-order chi connectivity index (χ1) is 9.04. The minimum Gasteiger partial charge on any atom is -0.350 e. The number of aromatic nitrogens is 1. The van der Waals surface area contributed by atoms with E-state index in [1.807, 2.05) is 26.0 Å². The Morgan fingerprint density at radius 2 is 2.05 bits per heavy atom. The second kappa shape index (κ2) is 5.91. The van der Waals surface area contributed by atoms with Crippen molar-refractivity contribution in [3.63, 3.8) is 0 Å². The van der Waals surface area contributed by atoms with Gasteiger partial charge in [-0.15, -0.1) is 11.6 Å². The molecule has 0 atom stereocenters. The molecule has 2 rings (SSSR count). The van der Waals surface area contributed by atoms with Crippen molar-refractivity contribution in [2.75, 3.05) is 12.4 Å². The first-order valence-electron chi connectivity index (χ1n) is 6.84. The highest BCUT2D eigenvalue weighted by molar-refractivity contribution is 6.18. The van der Waals surface area contributed by atoms with E-state index in [-0.39, 0.29) is 11.3 Å². The molecule has 1 fully saturated rings. The Morgan fingerprint density at radius 3 is 2.63 bits per heavy atom. The molecule has 0 unspecified atom stereocenters. The quantitative estimate of drug-likeness (QED) is 0.861. The summed E-state index contributed by atoms with van der Waals surface area (Å²) in [4.78, 5) is 16.4. The Hall–Kier alpha value is -1.09. The topological polar surface area (TPSA) is 42.0 Å². The van der Waals surface area contributed by atoms with Crippen LogP contribution in [-0.2, 0) is 0 Å². The lowest BCUT2D eigenvalue weighted by Gasteiger charge is -2.26. The third-order valence-corrected chi connectivity index (χ3v) is 4.47. The molecular formula is C15H21ClN2O. The van der Waals surface area contributed by atoms with Crippen molar-refractivity contribution >= 4 is 17.5 Å². The van der Waals surface area contributed by atoms with Crippen LogP contribution in [0.2, 0.25) is 0 Å². The predicted octanol–water partition coefficient (Wildman–Crippen LogP) is 3.23. The van der Waals surface area contributed by atoms with Gasteiger partial charge in [-0.25, -0.2) is 4.98 Å². The molecule has 1 N–H and O–H groups in total. The number of rotatable bonds is 4. The maximum atomic E-state index is 12.1. The molecule has 0 saturated heterocycles. The molecule has 1 saturated carbocycles. The summed E-state index contributed by atoms with van der Waals surface area (Å²) in [7, 11) is 0. The van der Waals surface area contributed by atoms with E-state index in [2.05, 4.69) is 10.3 Å². The molecule has 0 bridgehead atoms. The summed E-state index contributed by atoms with van der Waals surface area (Å²) in [5.41, 5.74) is 2.53. The van der Waals surface area contributed by atoms with E-state index in [0.29, 0.717) is 18.1 Å². The molecule has 4 heteroatoms. The maximum Gasteiger partial charge on any atom is 0.269 e. The molecule has 1 aliphatic carbocycles. The van der Waals surface area contributed by atoms with Crippen LogP contribution >= 0.6 is 11.6 Å². The number of nitrogens with one attached hydrogen (secondary N) is 1. The van der Waals surface area contributed by atoms with Crippen LogP contribution in [0, 0.1) is 19.3 Å². The zero-order valence-electron chi connectivity index (χ0n) is 11.6. The largest absolute Gasteiger partial charge is 0.350 e. The van der Waals surface area contributed by atoms with Gasteiger partial charge in [0.1, 0.15) is 5.69 Å². The van der Waals surface area contributed by atoms with Gasteiger partial charge in [-0.3, -0.25) is 4.79 Å². The lowest BCUT2D eigenvalue weighted by molar-refractivity contribution is 0.0929. The summed E-state index contributed by atoms with van der Waals surface area (Å²) >= 11 is 6.08. The van der Waals surface area contributed by atoms with Crippen molar-refractivity contribution in [3.8, 4) is 0 Å². The smallest absolute Gasteiger partial charge is 0.269 e. The van der Waals surface area contributed by atoms with Gasteiger partial charge >= 0.3 is 0 Å². The summed E-state index contributed by atoms with van der Waals surface area (Å²) in [6, 6.07) is 3.79. The molecule has 0 aliphatic heterocycles. The van der Waals surface area contributed by atoms with Gasteiger partial charge in [0.25, 0.3) is 5.91 Å². The monoisotopic (exact) mass is 280 g/mol. The Labute approximate surface area is 119 Å². The Kier molecular flexibility index (Phi) is 4.46. The van der Waals surface area contributed by atoms with E-state index in [9.17, 15) is 4.79 Å². The number of aryl methyl sites for hydroxylation is 2. The number of nitrogens with zero attached hydrogens (tertiary/aromatic N) is 1. The SMILES string of the molecule is Cc1cc(C)nc(C(=O)NCC2(CCl)CCCC2)c1. The van der Waals surface area contributed by atoms with E-state index in [1.165, 1.54) is 12.8 Å². The highest BCUT2D eigenvalue weighted by Gasteiger charge is 2.33. The van der Waals surface area contributed by atoms with Crippen molar-refractivity contribution in [2.45, 2.75) is 39.5 Å². The van der Waals surface area contributed by atoms with Gasteiger partial charge in [0.2, 0.25) is 0 Å². The second-order valence-electron chi connectivity index (χ2n) is 5.69. The van der Waals surface area contributed by atoms with E-state index < -0.39 is 0 Å². The molecule has 1 aromatic heterocycles. The van der Waals surface area contributed by atoms with Gasteiger partial charge in [-0.1, -0.05) is 12.8 Å². The fourth-order valence-electron chi connectivity index (χ4n) is 2.80. The third kappa shape index (κ3) is 3.47. The van der Waals surface area contributed by atoms with E-state index >= 15 is 0 Å². The summed E-state index contributed by atoms with van der Waals surface area (Å²) in [5.74, 6) is 0.524. The third-order valence-electron chi connectivity index (χ3n) is 3.90. The molecule has 3 nitrogen and oxygen atoms in total. The Morgan fingerprint density at radius 1 is 1.37 bits per heavy atom. The summed E-state index contributed by atoms with van der Waals surface area (Å²) in [6.45, 7) is 4.54. The first kappa shape index (κ1) is 14.3. The van der Waals surface area contributed by atoms with Crippen LogP contribution in [0.4, 0.5) is 0 Å². The second-order valence-corrected chi connectivity index (χ2v) is 5.96. The van der Waals surface area contributed by atoms with E-state index in [4.69, 9.17) is 11.6 Å². The van der Waals surface area contributed by atoms with Gasteiger partial charge in [-0.05, 0) is 44.4 Å². The normalized spacial score (nSPS) is 17.4. The zero-order valence-corrected chi connectivity index (χ0v) is 12.4. The highest BCUT2D eigenvalue weighted by Crippen LogP contribution is 2.38. The average Bonchev–Trinajstić information content (AvgIpc) is 2.84. The minimum absolute atomic E-state index is 0.0933. The molecule has 19 heavy (non-hydrogen) atoms. The van der Waals surface area contributed by atoms with Crippen LogP contribution in [0.25, 0.3) is 0 Å². The van der Waals surface area contributed by atoms with Crippen LogP contribution in [-0.4, -0.2) is 23.3 Å². The highest BCUT2D eigenvalue weighted by atomic mass is 35.5. The van der Waals surface area contributed by atoms with Crippen molar-refractivity contribution in [1.29, 1.82) is 0 Å². The standard InChI is InChI=1S/C15H21ClN2O/c1-11-7-12(2)18-13(8-11)14(19)17-10-15(9-16)5-3-4-6-15/h7-8H,3-6,9-10H2,1-2H3,(H,17,19). The van der Waals surface area contributed by atoms with Crippen LogP contribution < -0.4 is 5.32 Å². The van der Waals surface area contributed by atoms with Crippen LogP contribution in [0.5, 0.6) is 0 Å². The van der Waals surface area contributed by atoms with Crippen LogP contribution in [0.3, 0.4) is 0 Å². The number of carbonyl (C=O) groups excluding carboxylic acids is 1. The summed E-state index contributed by atoms with van der Waals surface area (Å²) in [5, 5.41) is 3.00. The van der Waals surface area contributed by atoms with Crippen molar-refractivity contribution < 1.29 is 4.79 Å². The van der Waals surface area contributed by atoms with Crippen LogP contribution in [0.1, 0.15) is 47.4 Å². The minimum atomic E-state index is -0.0943. The van der Waals surface area contributed by atoms with Crippen molar-refractivity contribution in [3.05, 3.63) is 29.1 Å². The zero-order chi connectivity index (χ0) is 13.9. The number of hydrogen-bond acceptors (Lipinski definition) is 2. The molecule has 104 valence electrons. The molecule has 1 heterocycles. The number of halogens is 1. The van der Waals surface area contributed by atoms with E-state index in [1.54, 1.807) is 0 Å². The number of carbonyl (C=O) groups is 1. The fourth-order valence-corrected chi connectivity index (χ4v) is 3.16. The van der Waals surface area contributed by atoms with E-state index in [0.717, 1.165) is 24.1 Å². The lowest BCUT2D eigenvalue weighted by Crippen LogP contribution is -2.37. The predicted molar refractivity (Wildman–Crippen MR) is 77.7 cm³/mol. The van der Waals surface area contributed by atoms with Crippen LogP contribution in [0.15, 0.2) is 12.1 Å².